The highest BCUT2D eigenvalue weighted by atomic mass is 19.2. The van der Waals surface area contributed by atoms with Crippen LogP contribution in [0.15, 0.2) is 30.6 Å². The van der Waals surface area contributed by atoms with Crippen LogP contribution in [0, 0.1) is 11.6 Å². The second-order valence-corrected chi connectivity index (χ2v) is 5.35. The molecule has 0 spiro atoms. The van der Waals surface area contributed by atoms with Crippen LogP contribution in [-0.4, -0.2) is 34.6 Å². The minimum atomic E-state index is -0.835. The number of likely N-dealkylation sites (tertiary alicyclic amines) is 1. The van der Waals surface area contributed by atoms with Crippen molar-refractivity contribution in [3.63, 3.8) is 0 Å². The molecule has 0 bridgehead atoms. The maximum absolute atomic E-state index is 13.4. The molecule has 1 aromatic heterocycles. The van der Waals surface area contributed by atoms with Gasteiger partial charge < -0.3 is 9.47 Å². The number of nitrogens with zero attached hydrogens (tertiary/aromatic N) is 3. The number of aromatic nitrogens is 2. The standard InChI is InChI=1S/C15H17F2N3/c1-19-7-2-3-12(10-19)20-8-6-18-15(20)11-4-5-13(16)14(17)9-11/h4-6,8-9,12H,2-3,7,10H2,1H3. The predicted octanol–water partition coefficient (Wildman–Crippen LogP) is 3.10. The highest BCUT2D eigenvalue weighted by molar-refractivity contribution is 5.55. The molecule has 0 radical (unpaired) electrons. The second kappa shape index (κ2) is 5.32. The molecule has 5 heteroatoms. The van der Waals surface area contributed by atoms with Gasteiger partial charge in [-0.15, -0.1) is 0 Å². The lowest BCUT2D eigenvalue weighted by atomic mass is 10.1. The molecular formula is C15H17F2N3. The van der Waals surface area contributed by atoms with Crippen LogP contribution in [0.25, 0.3) is 11.4 Å². The topological polar surface area (TPSA) is 21.1 Å². The lowest BCUT2D eigenvalue weighted by molar-refractivity contribution is 0.213. The molecule has 1 fully saturated rings. The lowest BCUT2D eigenvalue weighted by Gasteiger charge is -2.31. The van der Waals surface area contributed by atoms with Gasteiger partial charge in [0.15, 0.2) is 11.6 Å². The van der Waals surface area contributed by atoms with Gasteiger partial charge in [0.05, 0.1) is 0 Å². The summed E-state index contributed by atoms with van der Waals surface area (Å²) in [5, 5.41) is 0. The van der Waals surface area contributed by atoms with Crippen LogP contribution in [0.2, 0.25) is 0 Å². The molecule has 2 heterocycles. The number of piperidine rings is 1. The first-order valence-corrected chi connectivity index (χ1v) is 6.82. The van der Waals surface area contributed by atoms with E-state index in [-0.39, 0.29) is 0 Å². The number of hydrogen-bond donors (Lipinski definition) is 0. The molecule has 0 N–H and O–H groups in total. The predicted molar refractivity (Wildman–Crippen MR) is 73.3 cm³/mol. The van der Waals surface area contributed by atoms with Crippen molar-refractivity contribution in [2.24, 2.45) is 0 Å². The quantitative estimate of drug-likeness (QED) is 0.841. The molecule has 2 aromatic rings. The summed E-state index contributed by atoms with van der Waals surface area (Å²) in [5.74, 6) is -0.966. The number of imidazole rings is 1. The summed E-state index contributed by atoms with van der Waals surface area (Å²) >= 11 is 0. The summed E-state index contributed by atoms with van der Waals surface area (Å²) in [4.78, 5) is 6.59. The largest absolute Gasteiger partial charge is 0.327 e. The summed E-state index contributed by atoms with van der Waals surface area (Å²) < 4.78 is 28.5. The minimum Gasteiger partial charge on any atom is -0.327 e. The van der Waals surface area contributed by atoms with E-state index in [9.17, 15) is 8.78 Å². The molecule has 0 aliphatic carbocycles. The molecular weight excluding hydrogens is 260 g/mol. The van der Waals surface area contributed by atoms with E-state index in [0.29, 0.717) is 17.4 Å². The van der Waals surface area contributed by atoms with Crippen molar-refractivity contribution in [1.29, 1.82) is 0 Å². The fourth-order valence-corrected chi connectivity index (χ4v) is 2.83. The third-order valence-electron chi connectivity index (χ3n) is 3.84. The normalized spacial score (nSPS) is 20.2. The van der Waals surface area contributed by atoms with Crippen LogP contribution in [0.1, 0.15) is 18.9 Å². The summed E-state index contributed by atoms with van der Waals surface area (Å²) in [5.41, 5.74) is 0.613. The van der Waals surface area contributed by atoms with Crippen LogP contribution in [0.4, 0.5) is 8.78 Å². The third kappa shape index (κ3) is 2.45. The van der Waals surface area contributed by atoms with Crippen molar-refractivity contribution < 1.29 is 8.78 Å². The van der Waals surface area contributed by atoms with Crippen LogP contribution >= 0.6 is 0 Å². The Morgan fingerprint density at radius 2 is 2.10 bits per heavy atom. The second-order valence-electron chi connectivity index (χ2n) is 5.35. The van der Waals surface area contributed by atoms with E-state index in [2.05, 4.69) is 21.5 Å². The van der Waals surface area contributed by atoms with Crippen LogP contribution < -0.4 is 0 Å². The van der Waals surface area contributed by atoms with E-state index in [4.69, 9.17) is 0 Å². The molecule has 1 atom stereocenters. The van der Waals surface area contributed by atoms with Gasteiger partial charge in [-0.3, -0.25) is 0 Å². The Kier molecular flexibility index (Phi) is 3.53. The fourth-order valence-electron chi connectivity index (χ4n) is 2.83. The maximum Gasteiger partial charge on any atom is 0.159 e. The van der Waals surface area contributed by atoms with Gasteiger partial charge >= 0.3 is 0 Å². The zero-order valence-corrected chi connectivity index (χ0v) is 11.4. The van der Waals surface area contributed by atoms with Gasteiger partial charge in [-0.2, -0.15) is 0 Å². The molecule has 1 unspecified atom stereocenters. The van der Waals surface area contributed by atoms with Crippen molar-refractivity contribution in [3.05, 3.63) is 42.2 Å². The van der Waals surface area contributed by atoms with Crippen molar-refractivity contribution in [3.8, 4) is 11.4 Å². The van der Waals surface area contributed by atoms with E-state index in [0.717, 1.165) is 32.0 Å². The van der Waals surface area contributed by atoms with Gasteiger partial charge in [-0.05, 0) is 44.6 Å². The highest BCUT2D eigenvalue weighted by Crippen LogP contribution is 2.27. The van der Waals surface area contributed by atoms with Crippen molar-refractivity contribution in [2.45, 2.75) is 18.9 Å². The average molecular weight is 277 g/mol. The Bertz CT molecular complexity index is 609. The minimum absolute atomic E-state index is 0.333. The molecule has 1 aliphatic heterocycles. The zero-order valence-electron chi connectivity index (χ0n) is 11.4. The first-order valence-electron chi connectivity index (χ1n) is 6.82. The average Bonchev–Trinajstić information content (AvgIpc) is 2.91. The van der Waals surface area contributed by atoms with E-state index < -0.39 is 11.6 Å². The first kappa shape index (κ1) is 13.2. The van der Waals surface area contributed by atoms with Gasteiger partial charge in [0.2, 0.25) is 0 Å². The van der Waals surface area contributed by atoms with Crippen molar-refractivity contribution >= 4 is 0 Å². The van der Waals surface area contributed by atoms with Crippen LogP contribution in [0.5, 0.6) is 0 Å². The van der Waals surface area contributed by atoms with Crippen molar-refractivity contribution in [1.82, 2.24) is 14.5 Å². The molecule has 3 nitrogen and oxygen atoms in total. The fraction of sp³-hybridized carbons (Fsp3) is 0.400. The summed E-state index contributed by atoms with van der Waals surface area (Å²) in [6.07, 6.45) is 5.85. The van der Waals surface area contributed by atoms with Crippen LogP contribution in [-0.2, 0) is 0 Å². The molecule has 106 valence electrons. The van der Waals surface area contributed by atoms with Crippen LogP contribution in [0.3, 0.4) is 0 Å². The number of halogens is 2. The van der Waals surface area contributed by atoms with Gasteiger partial charge in [0, 0.05) is 30.5 Å². The summed E-state index contributed by atoms with van der Waals surface area (Å²) in [6.45, 7) is 2.05. The van der Waals surface area contributed by atoms with Gasteiger partial charge in [-0.25, -0.2) is 13.8 Å². The Hall–Kier alpha value is -1.75. The van der Waals surface area contributed by atoms with E-state index in [1.54, 1.807) is 12.3 Å². The number of benzene rings is 1. The van der Waals surface area contributed by atoms with E-state index >= 15 is 0 Å². The van der Waals surface area contributed by atoms with Gasteiger partial charge in [0.1, 0.15) is 5.82 Å². The highest BCUT2D eigenvalue weighted by Gasteiger charge is 2.21. The van der Waals surface area contributed by atoms with E-state index in [1.165, 1.54) is 6.07 Å². The van der Waals surface area contributed by atoms with Crippen molar-refractivity contribution in [2.75, 3.05) is 20.1 Å². The van der Waals surface area contributed by atoms with Gasteiger partial charge in [0.25, 0.3) is 0 Å². The molecule has 1 aromatic carbocycles. The molecule has 20 heavy (non-hydrogen) atoms. The maximum atomic E-state index is 13.4. The number of rotatable bonds is 2. The Balaban J connectivity index is 1.95. The number of likely N-dealkylation sites (N-methyl/N-ethyl adjacent to an activating group) is 1. The Labute approximate surface area is 116 Å². The Morgan fingerprint density at radius 3 is 2.85 bits per heavy atom. The molecule has 0 amide bonds. The molecule has 0 saturated carbocycles. The monoisotopic (exact) mass is 277 g/mol. The summed E-state index contributed by atoms with van der Waals surface area (Å²) in [6, 6.07) is 4.26. The zero-order chi connectivity index (χ0) is 14.1. The third-order valence-corrected chi connectivity index (χ3v) is 3.84. The molecule has 1 aliphatic rings. The smallest absolute Gasteiger partial charge is 0.159 e. The first-order chi connectivity index (χ1) is 9.65. The SMILES string of the molecule is CN1CCCC(n2ccnc2-c2ccc(F)c(F)c2)C1. The molecule has 1 saturated heterocycles. The van der Waals surface area contributed by atoms with E-state index in [1.807, 2.05) is 6.20 Å². The lowest BCUT2D eigenvalue weighted by Crippen LogP contribution is -2.33. The number of hydrogen-bond acceptors (Lipinski definition) is 2. The Morgan fingerprint density at radius 1 is 1.25 bits per heavy atom. The summed E-state index contributed by atoms with van der Waals surface area (Å²) in [7, 11) is 2.10. The van der Waals surface area contributed by atoms with Gasteiger partial charge in [-0.1, -0.05) is 0 Å². The molecule has 3 rings (SSSR count).